The summed E-state index contributed by atoms with van der Waals surface area (Å²) >= 11 is 0. The van der Waals surface area contributed by atoms with Crippen molar-refractivity contribution in [3.63, 3.8) is 0 Å². The molecule has 0 amide bonds. The summed E-state index contributed by atoms with van der Waals surface area (Å²) in [4.78, 5) is 4.08. The summed E-state index contributed by atoms with van der Waals surface area (Å²) in [6.07, 6.45) is 7.56. The summed E-state index contributed by atoms with van der Waals surface area (Å²) in [6, 6.07) is 4.72. The first-order chi connectivity index (χ1) is 7.77. The molecule has 0 saturated carbocycles. The van der Waals surface area contributed by atoms with E-state index in [0.717, 1.165) is 12.5 Å². The van der Waals surface area contributed by atoms with Crippen molar-refractivity contribution < 1.29 is 0 Å². The summed E-state index contributed by atoms with van der Waals surface area (Å²) in [6.45, 7) is 7.78. The van der Waals surface area contributed by atoms with E-state index < -0.39 is 0 Å². The molecular formula is C14H24N2. The monoisotopic (exact) mass is 220 g/mol. The molecule has 0 aliphatic heterocycles. The van der Waals surface area contributed by atoms with Crippen LogP contribution < -0.4 is 5.32 Å². The first-order valence-corrected chi connectivity index (χ1v) is 6.41. The fraction of sp³-hybridized carbons (Fsp3) is 0.643. The fourth-order valence-electron chi connectivity index (χ4n) is 2.19. The first kappa shape index (κ1) is 13.2. The second-order valence-corrected chi connectivity index (χ2v) is 4.52. The van der Waals surface area contributed by atoms with E-state index in [1.54, 1.807) is 0 Å². The van der Waals surface area contributed by atoms with Crippen molar-refractivity contribution in [2.75, 3.05) is 6.54 Å². The van der Waals surface area contributed by atoms with E-state index in [-0.39, 0.29) is 0 Å². The van der Waals surface area contributed by atoms with Gasteiger partial charge >= 0.3 is 0 Å². The molecule has 90 valence electrons. The highest BCUT2D eigenvalue weighted by molar-refractivity contribution is 5.14. The van der Waals surface area contributed by atoms with Crippen LogP contribution in [0.1, 0.15) is 51.6 Å². The third kappa shape index (κ3) is 4.31. The Morgan fingerprint density at radius 3 is 2.50 bits per heavy atom. The summed E-state index contributed by atoms with van der Waals surface area (Å²) in [5, 5.41) is 3.56. The molecule has 1 rings (SSSR count). The highest BCUT2D eigenvalue weighted by atomic mass is 14.9. The number of nitrogens with zero attached hydrogens (tertiary/aromatic N) is 1. The van der Waals surface area contributed by atoms with E-state index in [1.807, 2.05) is 12.4 Å². The quantitative estimate of drug-likeness (QED) is 0.760. The van der Waals surface area contributed by atoms with Crippen molar-refractivity contribution in [3.05, 3.63) is 30.1 Å². The molecule has 2 nitrogen and oxygen atoms in total. The molecule has 2 unspecified atom stereocenters. The number of hydrogen-bond acceptors (Lipinski definition) is 2. The van der Waals surface area contributed by atoms with Crippen molar-refractivity contribution >= 4 is 0 Å². The lowest BCUT2D eigenvalue weighted by Crippen LogP contribution is -2.22. The van der Waals surface area contributed by atoms with Crippen LogP contribution in [0.15, 0.2) is 24.5 Å². The van der Waals surface area contributed by atoms with Crippen LogP contribution >= 0.6 is 0 Å². The Labute approximate surface area is 99.5 Å². The van der Waals surface area contributed by atoms with E-state index in [2.05, 4.69) is 43.2 Å². The molecule has 0 fully saturated rings. The van der Waals surface area contributed by atoms with Gasteiger partial charge in [-0.1, -0.05) is 33.6 Å². The maximum atomic E-state index is 4.08. The molecular weight excluding hydrogens is 196 g/mol. The Bertz CT molecular complexity index is 271. The van der Waals surface area contributed by atoms with Crippen LogP contribution in [0.5, 0.6) is 0 Å². The number of aromatic nitrogens is 1. The summed E-state index contributed by atoms with van der Waals surface area (Å²) in [5.41, 5.74) is 1.36. The van der Waals surface area contributed by atoms with Crippen LogP contribution in [0, 0.1) is 5.92 Å². The highest BCUT2D eigenvalue weighted by Crippen LogP contribution is 2.23. The molecule has 1 heterocycles. The average Bonchev–Trinajstić information content (AvgIpc) is 2.30. The van der Waals surface area contributed by atoms with Gasteiger partial charge in [0.1, 0.15) is 0 Å². The van der Waals surface area contributed by atoms with Gasteiger partial charge < -0.3 is 5.32 Å². The van der Waals surface area contributed by atoms with Gasteiger partial charge in [-0.05, 0) is 36.6 Å². The van der Waals surface area contributed by atoms with Gasteiger partial charge in [-0.3, -0.25) is 4.98 Å². The van der Waals surface area contributed by atoms with E-state index in [0.29, 0.717) is 6.04 Å². The summed E-state index contributed by atoms with van der Waals surface area (Å²) in [7, 11) is 0. The minimum absolute atomic E-state index is 0.481. The Hall–Kier alpha value is -0.890. The van der Waals surface area contributed by atoms with Crippen LogP contribution in [-0.4, -0.2) is 11.5 Å². The zero-order valence-electron chi connectivity index (χ0n) is 10.7. The van der Waals surface area contributed by atoms with Crippen molar-refractivity contribution in [2.24, 2.45) is 5.92 Å². The maximum Gasteiger partial charge on any atom is 0.0323 e. The molecule has 2 atom stereocenters. The number of rotatable bonds is 7. The van der Waals surface area contributed by atoms with Gasteiger partial charge in [0, 0.05) is 18.4 Å². The van der Waals surface area contributed by atoms with Crippen molar-refractivity contribution in [3.8, 4) is 0 Å². The van der Waals surface area contributed by atoms with E-state index in [4.69, 9.17) is 0 Å². The Balaban J connectivity index is 2.60. The molecule has 0 radical (unpaired) electrons. The molecule has 0 aliphatic rings. The van der Waals surface area contributed by atoms with Gasteiger partial charge in [0.05, 0.1) is 0 Å². The van der Waals surface area contributed by atoms with Crippen LogP contribution in [0.25, 0.3) is 0 Å². The lowest BCUT2D eigenvalue weighted by molar-refractivity contribution is 0.395. The minimum Gasteiger partial charge on any atom is -0.310 e. The second kappa shape index (κ2) is 7.39. The standard InChI is InChI=1S/C14H24N2/c1-4-6-12(3)11-14(16-5-2)13-7-9-15-10-8-13/h7-10,12,14,16H,4-6,11H2,1-3H3. The van der Waals surface area contributed by atoms with E-state index in [1.165, 1.54) is 24.8 Å². The zero-order valence-corrected chi connectivity index (χ0v) is 10.7. The van der Waals surface area contributed by atoms with Crippen molar-refractivity contribution in [1.82, 2.24) is 10.3 Å². The highest BCUT2D eigenvalue weighted by Gasteiger charge is 2.13. The van der Waals surface area contributed by atoms with E-state index in [9.17, 15) is 0 Å². The summed E-state index contributed by atoms with van der Waals surface area (Å²) < 4.78 is 0. The molecule has 0 spiro atoms. The molecule has 2 heteroatoms. The van der Waals surface area contributed by atoms with Gasteiger partial charge in [-0.25, -0.2) is 0 Å². The van der Waals surface area contributed by atoms with Crippen LogP contribution in [0.2, 0.25) is 0 Å². The first-order valence-electron chi connectivity index (χ1n) is 6.41. The van der Waals surface area contributed by atoms with Crippen LogP contribution in [-0.2, 0) is 0 Å². The third-order valence-electron chi connectivity index (χ3n) is 2.98. The average molecular weight is 220 g/mol. The molecule has 0 bridgehead atoms. The van der Waals surface area contributed by atoms with Gasteiger partial charge in [0.15, 0.2) is 0 Å². The predicted octanol–water partition coefficient (Wildman–Crippen LogP) is 3.56. The van der Waals surface area contributed by atoms with Gasteiger partial charge in [0.2, 0.25) is 0 Å². The Morgan fingerprint density at radius 2 is 1.94 bits per heavy atom. The number of pyridine rings is 1. The normalized spacial score (nSPS) is 14.7. The van der Waals surface area contributed by atoms with E-state index >= 15 is 0 Å². The van der Waals surface area contributed by atoms with Gasteiger partial charge in [0.25, 0.3) is 0 Å². The summed E-state index contributed by atoms with van der Waals surface area (Å²) in [5.74, 6) is 0.780. The van der Waals surface area contributed by atoms with Crippen molar-refractivity contribution in [1.29, 1.82) is 0 Å². The molecule has 0 saturated heterocycles. The number of hydrogen-bond donors (Lipinski definition) is 1. The van der Waals surface area contributed by atoms with Crippen molar-refractivity contribution in [2.45, 2.75) is 46.1 Å². The molecule has 0 aromatic carbocycles. The maximum absolute atomic E-state index is 4.08. The topological polar surface area (TPSA) is 24.9 Å². The molecule has 1 aromatic heterocycles. The zero-order chi connectivity index (χ0) is 11.8. The second-order valence-electron chi connectivity index (χ2n) is 4.52. The molecule has 1 aromatic rings. The van der Waals surface area contributed by atoms with Gasteiger partial charge in [-0.2, -0.15) is 0 Å². The predicted molar refractivity (Wildman–Crippen MR) is 69.3 cm³/mol. The minimum atomic E-state index is 0.481. The molecule has 0 aliphatic carbocycles. The Kier molecular flexibility index (Phi) is 6.09. The largest absolute Gasteiger partial charge is 0.310 e. The Morgan fingerprint density at radius 1 is 1.25 bits per heavy atom. The SMILES string of the molecule is CCCC(C)CC(NCC)c1ccncc1. The number of nitrogens with one attached hydrogen (secondary N) is 1. The van der Waals surface area contributed by atoms with Crippen LogP contribution in [0.3, 0.4) is 0 Å². The molecule has 16 heavy (non-hydrogen) atoms. The van der Waals surface area contributed by atoms with Crippen LogP contribution in [0.4, 0.5) is 0 Å². The lowest BCUT2D eigenvalue weighted by atomic mass is 9.93. The molecule has 1 N–H and O–H groups in total. The fourth-order valence-corrected chi connectivity index (χ4v) is 2.19. The lowest BCUT2D eigenvalue weighted by Gasteiger charge is -2.21. The van der Waals surface area contributed by atoms with Gasteiger partial charge in [-0.15, -0.1) is 0 Å². The smallest absolute Gasteiger partial charge is 0.0323 e. The third-order valence-corrected chi connectivity index (χ3v) is 2.98.